The maximum atomic E-state index is 14.7. The van der Waals surface area contributed by atoms with Crippen molar-refractivity contribution in [2.24, 2.45) is 5.41 Å². The summed E-state index contributed by atoms with van der Waals surface area (Å²) < 4.78 is 14.7. The van der Waals surface area contributed by atoms with Gasteiger partial charge in [0, 0.05) is 31.9 Å². The zero-order valence-electron chi connectivity index (χ0n) is 20.3. The fourth-order valence-corrected chi connectivity index (χ4v) is 6.02. The largest absolute Gasteiger partial charge is 0.365 e. The Kier molecular flexibility index (Phi) is 5.67. The molecular weight excluding hydrogens is 471 g/mol. The summed E-state index contributed by atoms with van der Waals surface area (Å²) in [5.41, 5.74) is 1.78. The van der Waals surface area contributed by atoms with E-state index >= 15 is 0 Å². The van der Waals surface area contributed by atoms with E-state index in [2.05, 4.69) is 10.2 Å². The highest BCUT2D eigenvalue weighted by Crippen LogP contribution is 2.46. The van der Waals surface area contributed by atoms with Crippen LogP contribution in [0.25, 0.3) is 0 Å². The number of nitrogens with zero attached hydrogens (tertiary/aromatic N) is 3. The molecule has 0 unspecified atom stereocenters. The van der Waals surface area contributed by atoms with Crippen molar-refractivity contribution in [2.75, 3.05) is 36.0 Å². The first-order chi connectivity index (χ1) is 18.0. The number of amides is 4. The van der Waals surface area contributed by atoms with Gasteiger partial charge in [0.15, 0.2) is 5.41 Å². The van der Waals surface area contributed by atoms with Gasteiger partial charge < -0.3 is 9.80 Å². The van der Waals surface area contributed by atoms with Crippen molar-refractivity contribution in [2.45, 2.75) is 18.9 Å². The Labute approximate surface area is 214 Å². The Balaban J connectivity index is 1.40. The fourth-order valence-electron chi connectivity index (χ4n) is 6.02. The summed E-state index contributed by atoms with van der Waals surface area (Å²) in [6.07, 6.45) is 0.659. The maximum absolute atomic E-state index is 14.7. The number of anilines is 2. The van der Waals surface area contributed by atoms with E-state index in [9.17, 15) is 18.8 Å². The predicted molar refractivity (Wildman–Crippen MR) is 138 cm³/mol. The van der Waals surface area contributed by atoms with E-state index in [1.165, 1.54) is 11.0 Å². The quantitative estimate of drug-likeness (QED) is 0.559. The van der Waals surface area contributed by atoms with Gasteiger partial charge in [-0.3, -0.25) is 19.8 Å². The molecule has 7 nitrogen and oxygen atoms in total. The number of urea groups is 1. The van der Waals surface area contributed by atoms with Crippen LogP contribution in [0.3, 0.4) is 0 Å². The molecule has 1 N–H and O–H groups in total. The number of nitrogens with one attached hydrogen (secondary N) is 1. The number of para-hydroxylation sites is 2. The first-order valence-corrected chi connectivity index (χ1v) is 12.5. The van der Waals surface area contributed by atoms with Crippen LogP contribution in [0.1, 0.15) is 11.1 Å². The van der Waals surface area contributed by atoms with Crippen LogP contribution in [0.2, 0.25) is 0 Å². The number of halogens is 1. The third-order valence-corrected chi connectivity index (χ3v) is 7.88. The number of carbonyl (C=O) groups excluding carboxylic acids is 3. The van der Waals surface area contributed by atoms with Crippen LogP contribution < -0.4 is 15.1 Å². The summed E-state index contributed by atoms with van der Waals surface area (Å²) in [6, 6.07) is 22.7. The van der Waals surface area contributed by atoms with Gasteiger partial charge in [-0.2, -0.15) is 0 Å². The van der Waals surface area contributed by atoms with Crippen LogP contribution in [0.5, 0.6) is 0 Å². The highest BCUT2D eigenvalue weighted by atomic mass is 19.1. The van der Waals surface area contributed by atoms with Crippen molar-refractivity contribution in [3.05, 3.63) is 95.8 Å². The Morgan fingerprint density at radius 2 is 1.57 bits per heavy atom. The number of benzene rings is 3. The van der Waals surface area contributed by atoms with Gasteiger partial charge in [0.25, 0.3) is 0 Å². The lowest BCUT2D eigenvalue weighted by atomic mass is 9.67. The molecule has 1 spiro atoms. The lowest BCUT2D eigenvalue weighted by molar-refractivity contribution is -0.153. The lowest BCUT2D eigenvalue weighted by Crippen LogP contribution is -2.75. The van der Waals surface area contributed by atoms with Gasteiger partial charge in [0.1, 0.15) is 5.82 Å². The molecule has 0 bridgehead atoms. The second-order valence-corrected chi connectivity index (χ2v) is 9.84. The molecule has 0 radical (unpaired) electrons. The van der Waals surface area contributed by atoms with Crippen molar-refractivity contribution in [3.63, 3.8) is 0 Å². The summed E-state index contributed by atoms with van der Waals surface area (Å²) in [6.45, 7) is 1.48. The van der Waals surface area contributed by atoms with E-state index in [4.69, 9.17) is 0 Å². The number of hydrogen-bond donors (Lipinski definition) is 1. The first-order valence-electron chi connectivity index (χ1n) is 12.5. The summed E-state index contributed by atoms with van der Waals surface area (Å²) in [5, 5.41) is 2.49. The molecule has 0 aromatic heterocycles. The molecule has 3 heterocycles. The minimum Gasteiger partial charge on any atom is -0.365 e. The normalized spacial score (nSPS) is 23.1. The van der Waals surface area contributed by atoms with Crippen LogP contribution >= 0.6 is 0 Å². The number of hydrogen-bond acceptors (Lipinski definition) is 5. The minimum absolute atomic E-state index is 0.162. The highest BCUT2D eigenvalue weighted by molar-refractivity contribution is 6.20. The van der Waals surface area contributed by atoms with Crippen molar-refractivity contribution in [3.8, 4) is 0 Å². The van der Waals surface area contributed by atoms with Crippen LogP contribution in [-0.4, -0.2) is 55.0 Å². The third-order valence-electron chi connectivity index (χ3n) is 7.88. The number of rotatable bonds is 4. The van der Waals surface area contributed by atoms with E-state index in [-0.39, 0.29) is 25.3 Å². The molecule has 0 aliphatic carbocycles. The van der Waals surface area contributed by atoms with E-state index in [1.807, 2.05) is 59.5 Å². The van der Waals surface area contributed by atoms with Gasteiger partial charge in [-0.1, -0.05) is 60.7 Å². The Morgan fingerprint density at radius 3 is 2.35 bits per heavy atom. The van der Waals surface area contributed by atoms with Crippen molar-refractivity contribution < 1.29 is 18.8 Å². The highest BCUT2D eigenvalue weighted by Gasteiger charge is 2.62. The third kappa shape index (κ3) is 3.75. The monoisotopic (exact) mass is 498 g/mol. The van der Waals surface area contributed by atoms with Crippen molar-refractivity contribution >= 4 is 29.2 Å². The summed E-state index contributed by atoms with van der Waals surface area (Å²) in [5.74, 6) is -1.42. The van der Waals surface area contributed by atoms with E-state index in [1.54, 1.807) is 18.2 Å². The Morgan fingerprint density at radius 1 is 0.865 bits per heavy atom. The van der Waals surface area contributed by atoms with Crippen molar-refractivity contribution in [1.82, 2.24) is 10.2 Å². The van der Waals surface area contributed by atoms with E-state index < -0.39 is 29.3 Å². The molecule has 188 valence electrons. The molecule has 6 rings (SSSR count). The zero-order chi connectivity index (χ0) is 25.6. The Bertz CT molecular complexity index is 1380. The number of imide groups is 2. The molecule has 3 aromatic rings. The molecule has 0 saturated carbocycles. The molecular formula is C29H27FN4O3. The van der Waals surface area contributed by atoms with Crippen LogP contribution in [0.4, 0.5) is 20.6 Å². The number of carbonyl (C=O) groups is 3. The van der Waals surface area contributed by atoms with Gasteiger partial charge in [-0.05, 0) is 42.2 Å². The number of fused-ring (bicyclic) bond motifs is 4. The molecule has 2 fully saturated rings. The molecule has 2 saturated heterocycles. The first kappa shape index (κ1) is 23.2. The average Bonchev–Trinajstić information content (AvgIpc) is 2.92. The standard InChI is InChI=1S/C29H27FN4O3/c30-22-11-5-7-13-24(22)32-16-17-33-23-12-6-4-10-21(23)18-29(25(33)19-32)26(35)31-28(37)34(27(29)36)15-14-20-8-2-1-3-9-20/h1-13,25H,14-19H2,(H,31,35,37)/t25-,29+/m0/s1. The number of piperazine rings is 1. The second-order valence-electron chi connectivity index (χ2n) is 9.84. The molecule has 8 heteroatoms. The van der Waals surface area contributed by atoms with Crippen LogP contribution in [0.15, 0.2) is 78.9 Å². The molecule has 4 amide bonds. The van der Waals surface area contributed by atoms with Crippen LogP contribution in [0, 0.1) is 11.2 Å². The lowest BCUT2D eigenvalue weighted by Gasteiger charge is -2.55. The minimum atomic E-state index is -1.51. The molecule has 2 atom stereocenters. The smallest absolute Gasteiger partial charge is 0.330 e. The van der Waals surface area contributed by atoms with Crippen LogP contribution in [-0.2, 0) is 22.4 Å². The van der Waals surface area contributed by atoms with Crippen molar-refractivity contribution in [1.29, 1.82) is 0 Å². The topological polar surface area (TPSA) is 73.0 Å². The summed E-state index contributed by atoms with van der Waals surface area (Å²) in [4.78, 5) is 46.0. The fraction of sp³-hybridized carbons (Fsp3) is 0.276. The zero-order valence-corrected chi connectivity index (χ0v) is 20.3. The maximum Gasteiger partial charge on any atom is 0.330 e. The van der Waals surface area contributed by atoms with Gasteiger partial charge in [-0.15, -0.1) is 0 Å². The molecule has 3 aliphatic heterocycles. The van der Waals surface area contributed by atoms with E-state index in [0.717, 1.165) is 16.8 Å². The molecule has 3 aromatic carbocycles. The van der Waals surface area contributed by atoms with Gasteiger partial charge in [-0.25, -0.2) is 9.18 Å². The summed E-state index contributed by atoms with van der Waals surface area (Å²) >= 11 is 0. The van der Waals surface area contributed by atoms with Gasteiger partial charge >= 0.3 is 6.03 Å². The second kappa shape index (κ2) is 9.03. The molecule has 3 aliphatic rings. The predicted octanol–water partition coefficient (Wildman–Crippen LogP) is 3.38. The Hall–Kier alpha value is -4.20. The number of barbiturate groups is 1. The van der Waals surface area contributed by atoms with Gasteiger partial charge in [0.2, 0.25) is 11.8 Å². The summed E-state index contributed by atoms with van der Waals surface area (Å²) in [7, 11) is 0. The van der Waals surface area contributed by atoms with Gasteiger partial charge in [0.05, 0.1) is 11.7 Å². The molecule has 37 heavy (non-hydrogen) atoms. The van der Waals surface area contributed by atoms with E-state index in [0.29, 0.717) is 25.2 Å². The SMILES string of the molecule is O=C1NC(=O)[C@]2(Cc3ccccc3N3CCN(c4ccccc4F)C[C@H]32)C(=O)N1CCc1ccccc1. The average molecular weight is 499 g/mol.